The Morgan fingerprint density at radius 3 is 2.91 bits per heavy atom. The number of piperidine rings is 1. The number of carbonyl (C=O) groups is 1. The van der Waals surface area contributed by atoms with Crippen molar-refractivity contribution in [1.29, 1.82) is 0 Å². The first kappa shape index (κ1) is 7.25. The van der Waals surface area contributed by atoms with Crippen LogP contribution < -0.4 is 4.90 Å². The largest absolute Gasteiger partial charge is 0.387 e. The van der Waals surface area contributed by atoms with E-state index in [1.54, 1.807) is 0 Å². The average Bonchev–Trinajstić information content (AvgIpc) is 2.17. The summed E-state index contributed by atoms with van der Waals surface area (Å²) in [5, 5.41) is 9.51. The van der Waals surface area contributed by atoms with Crippen LogP contribution in [0.2, 0.25) is 0 Å². The van der Waals surface area contributed by atoms with Crippen LogP contribution in [0.15, 0.2) is 0 Å². The van der Waals surface area contributed by atoms with Crippen molar-refractivity contribution in [3.8, 4) is 0 Å². The van der Waals surface area contributed by atoms with Crippen LogP contribution in [-0.2, 0) is 4.79 Å². The van der Waals surface area contributed by atoms with Gasteiger partial charge in [-0.25, -0.2) is 0 Å². The lowest BCUT2D eigenvalue weighted by Gasteiger charge is -2.26. The lowest BCUT2D eigenvalue weighted by molar-refractivity contribution is -0.919. The number of carbonyl (C=O) groups excluding carboxylic acids is 1. The molecule has 0 aromatic carbocycles. The molecule has 0 spiro atoms. The van der Waals surface area contributed by atoms with Crippen molar-refractivity contribution in [2.24, 2.45) is 0 Å². The maximum Gasteiger partial charge on any atom is 0.144 e. The van der Waals surface area contributed by atoms with E-state index in [0.717, 1.165) is 6.42 Å². The summed E-state index contributed by atoms with van der Waals surface area (Å²) in [4.78, 5) is 12.4. The number of likely N-dealkylation sites (N-methyl/N-ethyl adjacent to an activating group) is 1. The third-order valence-corrected chi connectivity index (χ3v) is 3.14. The first-order chi connectivity index (χ1) is 5.18. The fourth-order valence-electron chi connectivity index (χ4n) is 2.39. The van der Waals surface area contributed by atoms with Crippen LogP contribution in [0.1, 0.15) is 19.3 Å². The van der Waals surface area contributed by atoms with Crippen LogP contribution in [-0.4, -0.2) is 36.1 Å². The number of ketones is 1. The average molecular weight is 156 g/mol. The highest BCUT2D eigenvalue weighted by Crippen LogP contribution is 2.19. The minimum Gasteiger partial charge on any atom is -0.387 e. The standard InChI is InChI=1S/C8H13NO2/c1-9-5-2-6(10)4-7(9)8(11)3-5/h5,7-8,11H,2-4H2,1H3/p+1/t5-,7+,8+/m0/s1. The maximum absolute atomic E-state index is 11.1. The van der Waals surface area contributed by atoms with E-state index in [-0.39, 0.29) is 12.1 Å². The Hall–Kier alpha value is -0.410. The van der Waals surface area contributed by atoms with Gasteiger partial charge in [-0.05, 0) is 0 Å². The highest BCUT2D eigenvalue weighted by atomic mass is 16.3. The molecule has 0 aromatic rings. The van der Waals surface area contributed by atoms with Gasteiger partial charge in [-0.2, -0.15) is 0 Å². The van der Waals surface area contributed by atoms with Gasteiger partial charge in [-0.1, -0.05) is 0 Å². The molecule has 1 unspecified atom stereocenters. The highest BCUT2D eigenvalue weighted by Gasteiger charge is 2.47. The fraction of sp³-hybridized carbons (Fsp3) is 0.875. The number of fused-ring (bicyclic) bond motifs is 2. The zero-order valence-electron chi connectivity index (χ0n) is 6.71. The normalized spacial score (nSPS) is 49.8. The van der Waals surface area contributed by atoms with E-state index in [9.17, 15) is 9.90 Å². The van der Waals surface area contributed by atoms with Crippen molar-refractivity contribution in [2.75, 3.05) is 7.05 Å². The van der Waals surface area contributed by atoms with Gasteiger partial charge in [0.1, 0.15) is 17.9 Å². The minimum absolute atomic E-state index is 0.196. The first-order valence-electron chi connectivity index (χ1n) is 4.21. The van der Waals surface area contributed by atoms with Gasteiger partial charge < -0.3 is 10.0 Å². The Balaban J connectivity index is 2.20. The van der Waals surface area contributed by atoms with Gasteiger partial charge in [0.05, 0.1) is 25.9 Å². The number of aliphatic hydroxyl groups excluding tert-OH is 1. The Bertz CT molecular complexity index is 193. The summed E-state index contributed by atoms with van der Waals surface area (Å²) >= 11 is 0. The third-order valence-electron chi connectivity index (χ3n) is 3.14. The number of rotatable bonds is 0. The summed E-state index contributed by atoms with van der Waals surface area (Å²) < 4.78 is 0. The second kappa shape index (κ2) is 2.29. The Morgan fingerprint density at radius 1 is 1.55 bits per heavy atom. The monoisotopic (exact) mass is 156 g/mol. The van der Waals surface area contributed by atoms with Crippen molar-refractivity contribution in [3.63, 3.8) is 0 Å². The molecule has 2 saturated heterocycles. The van der Waals surface area contributed by atoms with E-state index in [1.165, 1.54) is 4.90 Å². The predicted octanol–water partition coefficient (Wildman–Crippen LogP) is -1.63. The summed E-state index contributed by atoms with van der Waals surface area (Å²) in [5.41, 5.74) is 0. The Morgan fingerprint density at radius 2 is 2.27 bits per heavy atom. The molecule has 0 aromatic heterocycles. The van der Waals surface area contributed by atoms with Gasteiger partial charge in [0.15, 0.2) is 0 Å². The molecule has 0 aliphatic carbocycles. The number of hydrogen-bond donors (Lipinski definition) is 2. The molecule has 3 heteroatoms. The molecule has 0 radical (unpaired) electrons. The van der Waals surface area contributed by atoms with Gasteiger partial charge in [0, 0.05) is 6.42 Å². The van der Waals surface area contributed by atoms with Gasteiger partial charge >= 0.3 is 0 Å². The summed E-state index contributed by atoms with van der Waals surface area (Å²) in [6, 6.07) is 0.595. The van der Waals surface area contributed by atoms with E-state index in [1.807, 2.05) is 0 Å². The van der Waals surface area contributed by atoms with Crippen LogP contribution in [0.3, 0.4) is 0 Å². The zero-order valence-corrected chi connectivity index (χ0v) is 6.71. The van der Waals surface area contributed by atoms with Crippen molar-refractivity contribution >= 4 is 5.78 Å². The summed E-state index contributed by atoms with van der Waals surface area (Å²) in [7, 11) is 2.08. The number of nitrogens with one attached hydrogen (secondary N) is 1. The Kier molecular flexibility index (Phi) is 1.51. The Labute approximate surface area is 66.0 Å². The summed E-state index contributed by atoms with van der Waals surface area (Å²) in [6.45, 7) is 0. The van der Waals surface area contributed by atoms with Gasteiger partial charge in [0.25, 0.3) is 0 Å². The van der Waals surface area contributed by atoms with E-state index in [0.29, 0.717) is 24.7 Å². The lowest BCUT2D eigenvalue weighted by atomic mass is 10.0. The molecule has 2 rings (SSSR count). The molecular formula is C8H14NO2+. The van der Waals surface area contributed by atoms with Crippen LogP contribution in [0, 0.1) is 0 Å². The molecule has 2 fully saturated rings. The molecule has 2 aliphatic heterocycles. The van der Waals surface area contributed by atoms with Crippen LogP contribution in [0.25, 0.3) is 0 Å². The van der Waals surface area contributed by atoms with E-state index >= 15 is 0 Å². The SMILES string of the molecule is C[NH+]1[C@H]2CC(=O)C[C@@H]1[C@H](O)C2. The van der Waals surface area contributed by atoms with Crippen molar-refractivity contribution in [3.05, 3.63) is 0 Å². The van der Waals surface area contributed by atoms with Crippen LogP contribution in [0.5, 0.6) is 0 Å². The molecule has 3 nitrogen and oxygen atoms in total. The number of aliphatic hydroxyl groups is 1. The predicted molar refractivity (Wildman–Crippen MR) is 39.3 cm³/mol. The van der Waals surface area contributed by atoms with Gasteiger partial charge in [0.2, 0.25) is 0 Å². The van der Waals surface area contributed by atoms with Crippen molar-refractivity contribution in [1.82, 2.24) is 0 Å². The fourth-order valence-corrected chi connectivity index (χ4v) is 2.39. The molecule has 4 atom stereocenters. The number of Topliss-reactive ketones (excluding diaryl/α,β-unsaturated/α-hetero) is 1. The smallest absolute Gasteiger partial charge is 0.144 e. The van der Waals surface area contributed by atoms with Crippen LogP contribution >= 0.6 is 0 Å². The highest BCUT2D eigenvalue weighted by molar-refractivity contribution is 5.80. The van der Waals surface area contributed by atoms with E-state index < -0.39 is 0 Å². The van der Waals surface area contributed by atoms with Crippen molar-refractivity contribution < 1.29 is 14.8 Å². The lowest BCUT2D eigenvalue weighted by Crippen LogP contribution is -3.16. The van der Waals surface area contributed by atoms with Crippen LogP contribution in [0.4, 0.5) is 0 Å². The molecule has 2 N–H and O–H groups in total. The molecule has 0 amide bonds. The van der Waals surface area contributed by atoms with Gasteiger partial charge in [-0.15, -0.1) is 0 Å². The molecule has 2 bridgehead atoms. The summed E-state index contributed by atoms with van der Waals surface area (Å²) in [6.07, 6.45) is 1.86. The summed E-state index contributed by atoms with van der Waals surface area (Å²) in [5.74, 6) is 0.335. The topological polar surface area (TPSA) is 41.7 Å². The number of hydrogen-bond acceptors (Lipinski definition) is 2. The molecule has 2 aliphatic rings. The molecule has 2 heterocycles. The third kappa shape index (κ3) is 0.993. The van der Waals surface area contributed by atoms with E-state index in [4.69, 9.17) is 0 Å². The van der Waals surface area contributed by atoms with E-state index in [2.05, 4.69) is 7.05 Å². The molecule has 11 heavy (non-hydrogen) atoms. The second-order valence-corrected chi connectivity index (χ2v) is 3.80. The molecular weight excluding hydrogens is 142 g/mol. The number of quaternary nitrogens is 1. The maximum atomic E-state index is 11.1. The second-order valence-electron chi connectivity index (χ2n) is 3.80. The minimum atomic E-state index is -0.230. The quantitative estimate of drug-likeness (QED) is 0.442. The molecule has 0 saturated carbocycles. The van der Waals surface area contributed by atoms with Crippen molar-refractivity contribution in [2.45, 2.75) is 37.5 Å². The molecule has 62 valence electrons. The zero-order chi connectivity index (χ0) is 8.01. The van der Waals surface area contributed by atoms with Gasteiger partial charge in [-0.3, -0.25) is 4.79 Å². The first-order valence-corrected chi connectivity index (χ1v) is 4.21.